The number of amides is 1. The Bertz CT molecular complexity index is 295. The second kappa shape index (κ2) is 8.15. The summed E-state index contributed by atoms with van der Waals surface area (Å²) in [7, 11) is 0. The van der Waals surface area contributed by atoms with Gasteiger partial charge in [0.1, 0.15) is 0 Å². The lowest BCUT2D eigenvalue weighted by Crippen LogP contribution is -2.48. The Kier molecular flexibility index (Phi) is 7.68. The van der Waals surface area contributed by atoms with E-state index in [1.807, 2.05) is 44.4 Å². The average Bonchev–Trinajstić information content (AvgIpc) is 2.26. The standard InChI is InChI=1S/C14H28N2O3/c1-7-15(8-12(6)14(18)19)9-13(17)16(10(2)3)11(4)5/h10-12H,7-9H2,1-6H3,(H,18,19). The molecule has 1 N–H and O–H groups in total. The molecule has 19 heavy (non-hydrogen) atoms. The van der Waals surface area contributed by atoms with Gasteiger partial charge in [-0.15, -0.1) is 0 Å². The van der Waals surface area contributed by atoms with Crippen molar-refractivity contribution >= 4 is 11.9 Å². The first-order chi connectivity index (χ1) is 8.70. The van der Waals surface area contributed by atoms with E-state index in [-0.39, 0.29) is 24.5 Å². The van der Waals surface area contributed by atoms with Gasteiger partial charge in [-0.3, -0.25) is 14.5 Å². The first-order valence-corrected chi connectivity index (χ1v) is 6.96. The Hall–Kier alpha value is -1.10. The van der Waals surface area contributed by atoms with E-state index >= 15 is 0 Å². The first-order valence-electron chi connectivity index (χ1n) is 6.96. The molecule has 0 saturated heterocycles. The van der Waals surface area contributed by atoms with Crippen molar-refractivity contribution in [1.29, 1.82) is 0 Å². The molecule has 0 radical (unpaired) electrons. The predicted octanol–water partition coefficient (Wildman–Crippen LogP) is 1.67. The van der Waals surface area contributed by atoms with Gasteiger partial charge in [-0.2, -0.15) is 0 Å². The first kappa shape index (κ1) is 17.9. The number of hydrogen-bond acceptors (Lipinski definition) is 3. The molecule has 0 aliphatic heterocycles. The quantitative estimate of drug-likeness (QED) is 0.730. The summed E-state index contributed by atoms with van der Waals surface area (Å²) < 4.78 is 0. The average molecular weight is 272 g/mol. The van der Waals surface area contributed by atoms with Crippen LogP contribution in [0.25, 0.3) is 0 Å². The van der Waals surface area contributed by atoms with Gasteiger partial charge in [-0.05, 0) is 34.2 Å². The molecule has 0 aromatic carbocycles. The zero-order valence-electron chi connectivity index (χ0n) is 13.0. The van der Waals surface area contributed by atoms with Gasteiger partial charge in [-0.1, -0.05) is 13.8 Å². The van der Waals surface area contributed by atoms with Crippen LogP contribution in [-0.4, -0.2) is 58.5 Å². The van der Waals surface area contributed by atoms with E-state index in [4.69, 9.17) is 5.11 Å². The van der Waals surface area contributed by atoms with Crippen LogP contribution in [0.15, 0.2) is 0 Å². The molecule has 1 unspecified atom stereocenters. The Labute approximate surface area is 116 Å². The van der Waals surface area contributed by atoms with Crippen LogP contribution >= 0.6 is 0 Å². The van der Waals surface area contributed by atoms with Crippen LogP contribution in [0.4, 0.5) is 0 Å². The van der Waals surface area contributed by atoms with Crippen molar-refractivity contribution in [2.24, 2.45) is 5.92 Å². The number of carboxylic acid groups (broad SMARTS) is 1. The summed E-state index contributed by atoms with van der Waals surface area (Å²) >= 11 is 0. The lowest BCUT2D eigenvalue weighted by Gasteiger charge is -2.33. The largest absolute Gasteiger partial charge is 0.481 e. The molecule has 112 valence electrons. The van der Waals surface area contributed by atoms with Gasteiger partial charge < -0.3 is 10.0 Å². The predicted molar refractivity (Wildman–Crippen MR) is 76.0 cm³/mol. The molecule has 0 heterocycles. The topological polar surface area (TPSA) is 60.9 Å². The Balaban J connectivity index is 4.60. The summed E-state index contributed by atoms with van der Waals surface area (Å²) in [6.07, 6.45) is 0. The third kappa shape index (κ3) is 6.05. The maximum absolute atomic E-state index is 12.3. The van der Waals surface area contributed by atoms with Gasteiger partial charge in [0.05, 0.1) is 12.5 Å². The molecule has 0 spiro atoms. The summed E-state index contributed by atoms with van der Waals surface area (Å²) in [6, 6.07) is 0.311. The molecule has 0 fully saturated rings. The highest BCUT2D eigenvalue weighted by Gasteiger charge is 2.23. The van der Waals surface area contributed by atoms with Crippen LogP contribution in [0.3, 0.4) is 0 Å². The van der Waals surface area contributed by atoms with Crippen molar-refractivity contribution < 1.29 is 14.7 Å². The molecule has 0 saturated carbocycles. The monoisotopic (exact) mass is 272 g/mol. The summed E-state index contributed by atoms with van der Waals surface area (Å²) in [5, 5.41) is 8.92. The SMILES string of the molecule is CCN(CC(=O)N(C(C)C)C(C)C)CC(C)C(=O)O. The number of carbonyl (C=O) groups excluding carboxylic acids is 1. The molecule has 0 aromatic rings. The normalized spacial score (nSPS) is 13.1. The van der Waals surface area contributed by atoms with Crippen LogP contribution < -0.4 is 0 Å². The number of carbonyl (C=O) groups is 2. The Morgan fingerprint density at radius 1 is 1.05 bits per heavy atom. The summed E-state index contributed by atoms with van der Waals surface area (Å²) in [5.74, 6) is -1.22. The number of likely N-dealkylation sites (N-methyl/N-ethyl adjacent to an activating group) is 1. The van der Waals surface area contributed by atoms with E-state index in [2.05, 4.69) is 0 Å². The molecule has 5 nitrogen and oxygen atoms in total. The third-order valence-corrected chi connectivity index (χ3v) is 3.16. The van der Waals surface area contributed by atoms with Gasteiger partial charge in [-0.25, -0.2) is 0 Å². The smallest absolute Gasteiger partial charge is 0.307 e. The molecular weight excluding hydrogens is 244 g/mol. The maximum atomic E-state index is 12.3. The Morgan fingerprint density at radius 2 is 1.53 bits per heavy atom. The van der Waals surface area contributed by atoms with Gasteiger partial charge >= 0.3 is 5.97 Å². The minimum atomic E-state index is -0.824. The molecule has 0 bridgehead atoms. The molecule has 0 aliphatic carbocycles. The molecule has 1 atom stereocenters. The number of hydrogen-bond donors (Lipinski definition) is 1. The molecular formula is C14H28N2O3. The minimum Gasteiger partial charge on any atom is -0.481 e. The highest BCUT2D eigenvalue weighted by Crippen LogP contribution is 2.08. The van der Waals surface area contributed by atoms with E-state index in [1.165, 1.54) is 0 Å². The van der Waals surface area contributed by atoms with Gasteiger partial charge in [0.2, 0.25) is 5.91 Å². The second-order valence-corrected chi connectivity index (χ2v) is 5.56. The van der Waals surface area contributed by atoms with Crippen molar-refractivity contribution in [1.82, 2.24) is 9.80 Å². The molecule has 1 amide bonds. The zero-order valence-corrected chi connectivity index (χ0v) is 13.0. The fourth-order valence-corrected chi connectivity index (χ4v) is 2.22. The van der Waals surface area contributed by atoms with Gasteiger partial charge in [0.25, 0.3) is 0 Å². The fraction of sp³-hybridized carbons (Fsp3) is 0.857. The van der Waals surface area contributed by atoms with Crippen molar-refractivity contribution in [3.05, 3.63) is 0 Å². The molecule has 0 rings (SSSR count). The number of carboxylic acids is 1. The van der Waals surface area contributed by atoms with Crippen LogP contribution in [0, 0.1) is 5.92 Å². The summed E-state index contributed by atoms with van der Waals surface area (Å²) in [5.41, 5.74) is 0. The van der Waals surface area contributed by atoms with Crippen LogP contribution in [0.5, 0.6) is 0 Å². The lowest BCUT2D eigenvalue weighted by molar-refractivity contribution is -0.143. The van der Waals surface area contributed by atoms with E-state index in [0.717, 1.165) is 0 Å². The lowest BCUT2D eigenvalue weighted by atomic mass is 10.1. The van der Waals surface area contributed by atoms with Crippen molar-refractivity contribution in [3.63, 3.8) is 0 Å². The molecule has 0 aromatic heterocycles. The van der Waals surface area contributed by atoms with E-state index in [1.54, 1.807) is 6.92 Å². The van der Waals surface area contributed by atoms with Crippen LogP contribution in [-0.2, 0) is 9.59 Å². The number of aliphatic carboxylic acids is 1. The van der Waals surface area contributed by atoms with Gasteiger partial charge in [0.15, 0.2) is 0 Å². The Morgan fingerprint density at radius 3 is 1.84 bits per heavy atom. The van der Waals surface area contributed by atoms with E-state index in [0.29, 0.717) is 13.1 Å². The third-order valence-electron chi connectivity index (χ3n) is 3.16. The van der Waals surface area contributed by atoms with Crippen molar-refractivity contribution in [3.8, 4) is 0 Å². The van der Waals surface area contributed by atoms with E-state index < -0.39 is 11.9 Å². The van der Waals surface area contributed by atoms with Crippen LogP contribution in [0.2, 0.25) is 0 Å². The van der Waals surface area contributed by atoms with E-state index in [9.17, 15) is 9.59 Å². The van der Waals surface area contributed by atoms with Crippen molar-refractivity contribution in [2.75, 3.05) is 19.6 Å². The minimum absolute atomic E-state index is 0.0597. The fourth-order valence-electron chi connectivity index (χ4n) is 2.22. The summed E-state index contributed by atoms with van der Waals surface area (Å²) in [4.78, 5) is 26.9. The second-order valence-electron chi connectivity index (χ2n) is 5.56. The van der Waals surface area contributed by atoms with Crippen LogP contribution in [0.1, 0.15) is 41.5 Å². The highest BCUT2D eigenvalue weighted by atomic mass is 16.4. The zero-order chi connectivity index (χ0) is 15.2. The molecule has 5 heteroatoms. The number of nitrogens with zero attached hydrogens (tertiary/aromatic N) is 2. The summed E-state index contributed by atoms with van der Waals surface area (Å²) in [6.45, 7) is 12.9. The molecule has 0 aliphatic rings. The van der Waals surface area contributed by atoms with Crippen molar-refractivity contribution in [2.45, 2.75) is 53.6 Å². The van der Waals surface area contributed by atoms with Gasteiger partial charge in [0, 0.05) is 18.6 Å². The highest BCUT2D eigenvalue weighted by molar-refractivity contribution is 5.79. The number of rotatable bonds is 8. The maximum Gasteiger partial charge on any atom is 0.307 e.